The fourth-order valence-corrected chi connectivity index (χ4v) is 1.37. The van der Waals surface area contributed by atoms with E-state index in [2.05, 4.69) is 15.3 Å². The molecule has 0 spiro atoms. The molecule has 2 rings (SSSR count). The van der Waals surface area contributed by atoms with Gasteiger partial charge in [-0.15, -0.1) is 0 Å². The number of nitrogens with zero attached hydrogens (tertiary/aromatic N) is 1. The normalized spacial score (nSPS) is 10.0. The molecule has 1 aromatic heterocycles. The average molecular weight is 216 g/mol. The highest BCUT2D eigenvalue weighted by Crippen LogP contribution is 2.09. The van der Waals surface area contributed by atoms with Crippen LogP contribution in [0.25, 0.3) is 0 Å². The van der Waals surface area contributed by atoms with Gasteiger partial charge >= 0.3 is 0 Å². The summed E-state index contributed by atoms with van der Waals surface area (Å²) in [5, 5.41) is 2.97. The summed E-state index contributed by atoms with van der Waals surface area (Å²) in [6.07, 6.45) is 1.28. The number of hydrogen-bond acceptors (Lipinski definition) is 4. The van der Waals surface area contributed by atoms with Crippen molar-refractivity contribution < 1.29 is 0 Å². The molecule has 0 unspecified atom stereocenters. The summed E-state index contributed by atoms with van der Waals surface area (Å²) in [5.74, 6) is 0.208. The van der Waals surface area contributed by atoms with Crippen molar-refractivity contribution in [3.63, 3.8) is 0 Å². The zero-order chi connectivity index (χ0) is 11.4. The maximum Gasteiger partial charge on any atom is 0.276 e. The predicted octanol–water partition coefficient (Wildman–Crippen LogP) is 0.964. The van der Waals surface area contributed by atoms with Crippen molar-refractivity contribution in [2.24, 2.45) is 0 Å². The molecule has 82 valence electrons. The Kier molecular flexibility index (Phi) is 2.86. The summed E-state index contributed by atoms with van der Waals surface area (Å²) in [5.41, 5.74) is 6.72. The molecule has 1 heterocycles. The van der Waals surface area contributed by atoms with Crippen molar-refractivity contribution in [3.8, 4) is 0 Å². The van der Waals surface area contributed by atoms with E-state index in [0.29, 0.717) is 12.2 Å². The predicted molar refractivity (Wildman–Crippen MR) is 63.0 cm³/mol. The van der Waals surface area contributed by atoms with Crippen molar-refractivity contribution in [3.05, 3.63) is 52.6 Å². The number of anilines is 2. The van der Waals surface area contributed by atoms with E-state index in [1.807, 2.05) is 30.3 Å². The monoisotopic (exact) mass is 216 g/mol. The molecule has 0 saturated carbocycles. The second-order valence-electron chi connectivity index (χ2n) is 3.33. The molecule has 0 atom stereocenters. The van der Waals surface area contributed by atoms with E-state index in [4.69, 9.17) is 5.73 Å². The summed E-state index contributed by atoms with van der Waals surface area (Å²) in [4.78, 5) is 17.7. The Labute approximate surface area is 92.3 Å². The Bertz CT molecular complexity index is 521. The van der Waals surface area contributed by atoms with E-state index in [-0.39, 0.29) is 11.4 Å². The number of H-pyrrole nitrogens is 1. The molecule has 1 aromatic carbocycles. The zero-order valence-corrected chi connectivity index (χ0v) is 8.60. The van der Waals surface area contributed by atoms with Crippen LogP contribution in [0.15, 0.2) is 41.5 Å². The van der Waals surface area contributed by atoms with Crippen LogP contribution < -0.4 is 16.6 Å². The second-order valence-corrected chi connectivity index (χ2v) is 3.33. The highest BCUT2D eigenvalue weighted by molar-refractivity contribution is 5.59. The second kappa shape index (κ2) is 4.48. The number of nitrogens with two attached hydrogens (primary N) is 1. The van der Waals surface area contributed by atoms with Crippen LogP contribution in [-0.2, 0) is 6.54 Å². The first kappa shape index (κ1) is 10.2. The van der Waals surface area contributed by atoms with Crippen LogP contribution in [0.3, 0.4) is 0 Å². The van der Waals surface area contributed by atoms with Crippen molar-refractivity contribution in [1.82, 2.24) is 9.97 Å². The van der Waals surface area contributed by atoms with Gasteiger partial charge in [0.15, 0.2) is 5.82 Å². The van der Waals surface area contributed by atoms with Crippen LogP contribution in [0, 0.1) is 0 Å². The SMILES string of the molecule is Nc1nc[nH]c(=O)c1NCc1ccccc1. The number of aromatic nitrogens is 2. The summed E-state index contributed by atoms with van der Waals surface area (Å²) in [6.45, 7) is 0.541. The van der Waals surface area contributed by atoms with Crippen molar-refractivity contribution in [2.75, 3.05) is 11.1 Å². The Morgan fingerprint density at radius 3 is 2.75 bits per heavy atom. The van der Waals surface area contributed by atoms with Crippen LogP contribution in [0.1, 0.15) is 5.56 Å². The third-order valence-electron chi connectivity index (χ3n) is 2.19. The van der Waals surface area contributed by atoms with Gasteiger partial charge in [0.25, 0.3) is 5.56 Å². The van der Waals surface area contributed by atoms with Gasteiger partial charge in [0, 0.05) is 6.54 Å². The highest BCUT2D eigenvalue weighted by Gasteiger charge is 2.04. The van der Waals surface area contributed by atoms with Crippen molar-refractivity contribution >= 4 is 11.5 Å². The first-order valence-corrected chi connectivity index (χ1v) is 4.88. The third-order valence-corrected chi connectivity index (χ3v) is 2.19. The van der Waals surface area contributed by atoms with Crippen LogP contribution in [0.2, 0.25) is 0 Å². The molecular formula is C11H12N4O. The lowest BCUT2D eigenvalue weighted by molar-refractivity contribution is 1.08. The van der Waals surface area contributed by atoms with E-state index in [0.717, 1.165) is 5.56 Å². The van der Waals surface area contributed by atoms with Gasteiger partial charge in [0.05, 0.1) is 6.33 Å². The summed E-state index contributed by atoms with van der Waals surface area (Å²) in [7, 11) is 0. The number of benzene rings is 1. The standard InChI is InChI=1S/C11H12N4O/c12-10-9(11(16)15-7-14-10)13-6-8-4-2-1-3-5-8/h1-5,7,13H,6H2,(H3,12,14,15,16). The largest absolute Gasteiger partial charge is 0.382 e. The molecule has 4 N–H and O–H groups in total. The summed E-state index contributed by atoms with van der Waals surface area (Å²) in [6, 6.07) is 9.75. The fourth-order valence-electron chi connectivity index (χ4n) is 1.37. The number of rotatable bonds is 3. The van der Waals surface area contributed by atoms with Gasteiger partial charge in [-0.3, -0.25) is 4.79 Å². The quantitative estimate of drug-likeness (QED) is 0.713. The van der Waals surface area contributed by atoms with Gasteiger partial charge in [-0.1, -0.05) is 30.3 Å². The molecule has 0 aliphatic rings. The maximum atomic E-state index is 11.4. The van der Waals surface area contributed by atoms with Gasteiger partial charge in [0.2, 0.25) is 0 Å². The highest BCUT2D eigenvalue weighted by atomic mass is 16.1. The lowest BCUT2D eigenvalue weighted by atomic mass is 10.2. The molecule has 0 amide bonds. The van der Waals surface area contributed by atoms with E-state index < -0.39 is 0 Å². The molecule has 5 heteroatoms. The maximum absolute atomic E-state index is 11.4. The molecule has 0 fully saturated rings. The Hall–Kier alpha value is -2.30. The third kappa shape index (κ3) is 2.20. The first-order valence-electron chi connectivity index (χ1n) is 4.88. The Morgan fingerprint density at radius 2 is 2.06 bits per heavy atom. The summed E-state index contributed by atoms with van der Waals surface area (Å²) < 4.78 is 0. The van der Waals surface area contributed by atoms with Crippen LogP contribution in [0.4, 0.5) is 11.5 Å². The molecule has 0 aliphatic carbocycles. The topological polar surface area (TPSA) is 83.8 Å². The molecule has 0 bridgehead atoms. The van der Waals surface area contributed by atoms with E-state index in [1.54, 1.807) is 0 Å². The molecule has 0 radical (unpaired) electrons. The number of nitrogens with one attached hydrogen (secondary N) is 2. The van der Waals surface area contributed by atoms with Gasteiger partial charge in [-0.25, -0.2) is 4.98 Å². The van der Waals surface area contributed by atoms with Crippen LogP contribution in [0.5, 0.6) is 0 Å². The Balaban J connectivity index is 2.14. The molecular weight excluding hydrogens is 204 g/mol. The number of nitrogen functional groups attached to an aromatic ring is 1. The minimum atomic E-state index is -0.261. The van der Waals surface area contributed by atoms with Crippen molar-refractivity contribution in [2.45, 2.75) is 6.54 Å². The lowest BCUT2D eigenvalue weighted by Crippen LogP contribution is -2.17. The van der Waals surface area contributed by atoms with E-state index >= 15 is 0 Å². The molecule has 0 saturated heterocycles. The van der Waals surface area contributed by atoms with Crippen LogP contribution in [-0.4, -0.2) is 9.97 Å². The summed E-state index contributed by atoms with van der Waals surface area (Å²) >= 11 is 0. The van der Waals surface area contributed by atoms with Crippen LogP contribution >= 0.6 is 0 Å². The fraction of sp³-hybridized carbons (Fsp3) is 0.0909. The van der Waals surface area contributed by atoms with E-state index in [1.165, 1.54) is 6.33 Å². The van der Waals surface area contributed by atoms with Gasteiger partial charge < -0.3 is 16.0 Å². The Morgan fingerprint density at radius 1 is 1.31 bits per heavy atom. The zero-order valence-electron chi connectivity index (χ0n) is 8.60. The number of hydrogen-bond donors (Lipinski definition) is 3. The smallest absolute Gasteiger partial charge is 0.276 e. The minimum Gasteiger partial charge on any atom is -0.382 e. The molecule has 5 nitrogen and oxygen atoms in total. The van der Waals surface area contributed by atoms with E-state index in [9.17, 15) is 4.79 Å². The van der Waals surface area contributed by atoms with Crippen molar-refractivity contribution in [1.29, 1.82) is 0 Å². The number of aromatic amines is 1. The van der Waals surface area contributed by atoms with Gasteiger partial charge in [-0.2, -0.15) is 0 Å². The molecule has 16 heavy (non-hydrogen) atoms. The lowest BCUT2D eigenvalue weighted by Gasteiger charge is -2.06. The molecule has 2 aromatic rings. The van der Waals surface area contributed by atoms with Gasteiger partial charge in [0.1, 0.15) is 5.69 Å². The average Bonchev–Trinajstić information content (AvgIpc) is 2.30. The molecule has 0 aliphatic heterocycles. The first-order chi connectivity index (χ1) is 7.77. The minimum absolute atomic E-state index is 0.208. The van der Waals surface area contributed by atoms with Gasteiger partial charge in [-0.05, 0) is 5.56 Å².